The summed E-state index contributed by atoms with van der Waals surface area (Å²) in [6.45, 7) is 13.0. The molecule has 1 N–H and O–H groups in total. The minimum absolute atomic E-state index is 0.487. The number of aromatic nitrogens is 2. The van der Waals surface area contributed by atoms with Gasteiger partial charge >= 0.3 is 0 Å². The zero-order valence-corrected chi connectivity index (χ0v) is 16.2. The van der Waals surface area contributed by atoms with E-state index in [1.54, 1.807) is 0 Å². The maximum Gasteiger partial charge on any atom is 0.193 e. The summed E-state index contributed by atoms with van der Waals surface area (Å²) in [5, 5.41) is 8.02. The molecule has 0 saturated carbocycles. The Morgan fingerprint density at radius 2 is 2.17 bits per heavy atom. The molecule has 24 heavy (non-hydrogen) atoms. The average molecular weight is 334 g/mol. The molecule has 0 saturated heterocycles. The highest BCUT2D eigenvalue weighted by atomic mass is 15.3. The molecule has 1 aromatic rings. The van der Waals surface area contributed by atoms with Gasteiger partial charge in [0.15, 0.2) is 5.96 Å². The van der Waals surface area contributed by atoms with Crippen LogP contribution in [0.1, 0.15) is 44.0 Å². The molecule has 0 aliphatic rings. The number of guanidine groups is 1. The molecule has 136 valence electrons. The summed E-state index contributed by atoms with van der Waals surface area (Å²) in [6.07, 6.45) is 6.76. The summed E-state index contributed by atoms with van der Waals surface area (Å²) in [5.41, 5.74) is 2.31. The van der Waals surface area contributed by atoms with Crippen molar-refractivity contribution in [3.8, 4) is 0 Å². The van der Waals surface area contributed by atoms with Crippen LogP contribution >= 0.6 is 0 Å². The van der Waals surface area contributed by atoms with Crippen LogP contribution in [0.2, 0.25) is 0 Å². The molecule has 0 spiro atoms. The van der Waals surface area contributed by atoms with Gasteiger partial charge < -0.3 is 10.2 Å². The van der Waals surface area contributed by atoms with E-state index in [4.69, 9.17) is 0 Å². The highest BCUT2D eigenvalue weighted by Gasteiger charge is 2.10. The summed E-state index contributed by atoms with van der Waals surface area (Å²) in [5.74, 6) is 1.46. The Morgan fingerprint density at radius 3 is 2.75 bits per heavy atom. The first-order chi connectivity index (χ1) is 11.5. The van der Waals surface area contributed by atoms with E-state index in [1.807, 2.05) is 20.0 Å². The first-order valence-corrected chi connectivity index (χ1v) is 9.01. The molecule has 0 bridgehead atoms. The van der Waals surface area contributed by atoms with Gasteiger partial charge in [-0.1, -0.05) is 19.4 Å². The molecular weight excluding hydrogens is 298 g/mol. The molecule has 1 aromatic heterocycles. The number of aliphatic imine (C=N–C) groups is 1. The predicted molar refractivity (Wildman–Crippen MR) is 104 cm³/mol. The molecule has 0 amide bonds. The van der Waals surface area contributed by atoms with Gasteiger partial charge in [0.25, 0.3) is 0 Å². The number of nitrogens with one attached hydrogen (secondary N) is 1. The lowest BCUT2D eigenvalue weighted by Crippen LogP contribution is -2.41. The topological polar surface area (TPSA) is 45.5 Å². The van der Waals surface area contributed by atoms with Crippen molar-refractivity contribution in [2.24, 2.45) is 10.9 Å². The Hall–Kier alpha value is -1.78. The molecule has 0 radical (unpaired) electrons. The summed E-state index contributed by atoms with van der Waals surface area (Å²) >= 11 is 0. The van der Waals surface area contributed by atoms with E-state index in [0.717, 1.165) is 37.7 Å². The van der Waals surface area contributed by atoms with Crippen molar-refractivity contribution in [2.75, 3.05) is 27.2 Å². The standard InChI is InChI=1S/C19H35N5/c1-7-8-9-10-11-12-23(6)19(20-5)21-14-16(2)15-24-18(4)13-17(3)22-24/h7,13,16H,1,8-12,14-15H2,2-6H3,(H,20,21). The van der Waals surface area contributed by atoms with Gasteiger partial charge in [-0.25, -0.2) is 0 Å². The SMILES string of the molecule is C=CCCCCCN(C)C(=NC)NCC(C)Cn1nc(C)cc1C. The number of aryl methyl sites for hydroxylation is 2. The summed E-state index contributed by atoms with van der Waals surface area (Å²) < 4.78 is 2.09. The molecule has 1 unspecified atom stereocenters. The van der Waals surface area contributed by atoms with Crippen LogP contribution in [0.4, 0.5) is 0 Å². The third-order valence-electron chi connectivity index (χ3n) is 4.17. The van der Waals surface area contributed by atoms with Gasteiger partial charge in [-0.05, 0) is 45.1 Å². The van der Waals surface area contributed by atoms with Crippen molar-refractivity contribution < 1.29 is 0 Å². The summed E-state index contributed by atoms with van der Waals surface area (Å²) in [7, 11) is 3.96. The van der Waals surface area contributed by atoms with Crippen molar-refractivity contribution in [2.45, 2.75) is 53.0 Å². The minimum atomic E-state index is 0.487. The smallest absolute Gasteiger partial charge is 0.193 e. The van der Waals surface area contributed by atoms with Gasteiger partial charge in [-0.2, -0.15) is 5.10 Å². The third-order valence-corrected chi connectivity index (χ3v) is 4.17. The van der Waals surface area contributed by atoms with Crippen molar-refractivity contribution in [1.29, 1.82) is 0 Å². The summed E-state index contributed by atoms with van der Waals surface area (Å²) in [4.78, 5) is 6.61. The van der Waals surface area contributed by atoms with Crippen LogP contribution in [0.25, 0.3) is 0 Å². The fourth-order valence-corrected chi connectivity index (χ4v) is 2.79. The minimum Gasteiger partial charge on any atom is -0.356 e. The van der Waals surface area contributed by atoms with E-state index in [-0.39, 0.29) is 0 Å². The van der Waals surface area contributed by atoms with Gasteiger partial charge in [0.2, 0.25) is 0 Å². The van der Waals surface area contributed by atoms with Gasteiger partial charge in [-0.15, -0.1) is 6.58 Å². The largest absolute Gasteiger partial charge is 0.356 e. The molecule has 5 nitrogen and oxygen atoms in total. The number of hydrogen-bond acceptors (Lipinski definition) is 2. The lowest BCUT2D eigenvalue weighted by molar-refractivity contribution is 0.414. The van der Waals surface area contributed by atoms with Gasteiger partial charge in [0.05, 0.1) is 5.69 Å². The van der Waals surface area contributed by atoms with Gasteiger partial charge in [-0.3, -0.25) is 9.67 Å². The van der Waals surface area contributed by atoms with Crippen LogP contribution in [0, 0.1) is 19.8 Å². The monoisotopic (exact) mass is 333 g/mol. The van der Waals surface area contributed by atoms with Crippen molar-refractivity contribution in [3.05, 3.63) is 30.1 Å². The quantitative estimate of drug-likeness (QED) is 0.309. The molecule has 0 aliphatic carbocycles. The second-order valence-corrected chi connectivity index (χ2v) is 6.70. The molecule has 0 fully saturated rings. The number of unbranched alkanes of at least 4 members (excludes halogenated alkanes) is 3. The molecule has 1 heterocycles. The zero-order valence-electron chi connectivity index (χ0n) is 16.2. The number of rotatable bonds is 10. The van der Waals surface area contributed by atoms with E-state index >= 15 is 0 Å². The number of allylic oxidation sites excluding steroid dienone is 1. The maximum absolute atomic E-state index is 4.54. The van der Waals surface area contributed by atoms with Crippen molar-refractivity contribution in [3.63, 3.8) is 0 Å². The Labute approximate surface area is 147 Å². The Balaban J connectivity index is 2.34. The molecule has 5 heteroatoms. The molecule has 0 aromatic carbocycles. The van der Waals surface area contributed by atoms with Crippen LogP contribution < -0.4 is 5.32 Å². The Bertz CT molecular complexity index is 518. The third kappa shape index (κ3) is 7.20. The highest BCUT2D eigenvalue weighted by Crippen LogP contribution is 2.06. The Morgan fingerprint density at radius 1 is 1.42 bits per heavy atom. The van der Waals surface area contributed by atoms with E-state index in [0.29, 0.717) is 5.92 Å². The molecule has 1 rings (SSSR count). The average Bonchev–Trinajstić information content (AvgIpc) is 2.85. The van der Waals surface area contributed by atoms with Gasteiger partial charge in [0.1, 0.15) is 0 Å². The molecule has 0 aliphatic heterocycles. The fraction of sp³-hybridized carbons (Fsp3) is 0.684. The van der Waals surface area contributed by atoms with E-state index in [1.165, 1.54) is 25.0 Å². The van der Waals surface area contributed by atoms with Crippen molar-refractivity contribution >= 4 is 5.96 Å². The summed E-state index contributed by atoms with van der Waals surface area (Å²) in [6, 6.07) is 2.12. The second-order valence-electron chi connectivity index (χ2n) is 6.70. The lowest BCUT2D eigenvalue weighted by atomic mass is 10.2. The lowest BCUT2D eigenvalue weighted by Gasteiger charge is -2.23. The van der Waals surface area contributed by atoms with Crippen LogP contribution in [0.3, 0.4) is 0 Å². The maximum atomic E-state index is 4.54. The molecule has 1 atom stereocenters. The van der Waals surface area contributed by atoms with Crippen LogP contribution in [-0.4, -0.2) is 47.8 Å². The van der Waals surface area contributed by atoms with Crippen LogP contribution in [0.5, 0.6) is 0 Å². The zero-order chi connectivity index (χ0) is 17.9. The van der Waals surface area contributed by atoms with E-state index in [9.17, 15) is 0 Å². The second kappa shape index (κ2) is 10.9. The van der Waals surface area contributed by atoms with Gasteiger partial charge in [0, 0.05) is 39.4 Å². The first kappa shape index (κ1) is 20.3. The van der Waals surface area contributed by atoms with Crippen LogP contribution in [-0.2, 0) is 6.54 Å². The number of hydrogen-bond donors (Lipinski definition) is 1. The van der Waals surface area contributed by atoms with E-state index in [2.05, 4.69) is 58.5 Å². The normalized spacial score (nSPS) is 13.0. The highest BCUT2D eigenvalue weighted by molar-refractivity contribution is 5.79. The molecular formula is C19H35N5. The Kier molecular flexibility index (Phi) is 9.20. The van der Waals surface area contributed by atoms with E-state index < -0.39 is 0 Å². The first-order valence-electron chi connectivity index (χ1n) is 9.01. The van der Waals surface area contributed by atoms with Crippen LogP contribution in [0.15, 0.2) is 23.7 Å². The van der Waals surface area contributed by atoms with Crippen molar-refractivity contribution in [1.82, 2.24) is 20.0 Å². The predicted octanol–water partition coefficient (Wildman–Crippen LogP) is 3.39. The fourth-order valence-electron chi connectivity index (χ4n) is 2.79. The number of nitrogens with zero attached hydrogens (tertiary/aromatic N) is 4.